The zero-order chi connectivity index (χ0) is 18.4. The summed E-state index contributed by atoms with van der Waals surface area (Å²) in [7, 11) is 0. The van der Waals surface area contributed by atoms with E-state index in [1.54, 1.807) is 60.7 Å². The molecular formula is C22H25NO3. The highest BCUT2D eigenvalue weighted by molar-refractivity contribution is 6.04. The molecule has 1 amide bonds. The van der Waals surface area contributed by atoms with Gasteiger partial charge in [-0.05, 0) is 12.3 Å². The zero-order valence-corrected chi connectivity index (χ0v) is 14.9. The second-order valence-corrected chi connectivity index (χ2v) is 7.01. The molecule has 0 saturated heterocycles. The van der Waals surface area contributed by atoms with Crippen molar-refractivity contribution in [2.24, 2.45) is 5.92 Å². The van der Waals surface area contributed by atoms with Gasteiger partial charge < -0.3 is 10.4 Å². The van der Waals surface area contributed by atoms with E-state index < -0.39 is 11.5 Å². The second kappa shape index (κ2) is 8.28. The number of benzene rings is 2. The first-order valence-corrected chi connectivity index (χ1v) is 9.28. The molecule has 1 aliphatic rings. The van der Waals surface area contributed by atoms with Gasteiger partial charge in [-0.25, -0.2) is 0 Å². The van der Waals surface area contributed by atoms with Gasteiger partial charge >= 0.3 is 0 Å². The Balaban J connectivity index is 1.79. The minimum absolute atomic E-state index is 0.299. The Kier molecular flexibility index (Phi) is 5.84. The third-order valence-electron chi connectivity index (χ3n) is 5.13. The highest BCUT2D eigenvalue weighted by Gasteiger charge is 2.40. The van der Waals surface area contributed by atoms with Gasteiger partial charge in [0.1, 0.15) is 0 Å². The predicted molar refractivity (Wildman–Crippen MR) is 100 cm³/mol. The molecule has 0 aliphatic heterocycles. The SMILES string of the molecule is O=C(CCC1CCCC1)NC(O)(C(=O)c1ccccc1)c1ccccc1. The van der Waals surface area contributed by atoms with Gasteiger partial charge in [0.05, 0.1) is 0 Å². The highest BCUT2D eigenvalue weighted by Crippen LogP contribution is 2.29. The van der Waals surface area contributed by atoms with E-state index in [0.29, 0.717) is 23.5 Å². The van der Waals surface area contributed by atoms with Gasteiger partial charge in [-0.3, -0.25) is 9.59 Å². The van der Waals surface area contributed by atoms with Crippen molar-refractivity contribution >= 4 is 11.7 Å². The second-order valence-electron chi connectivity index (χ2n) is 7.01. The van der Waals surface area contributed by atoms with Gasteiger partial charge in [-0.1, -0.05) is 86.3 Å². The summed E-state index contributed by atoms with van der Waals surface area (Å²) in [5, 5.41) is 13.8. The van der Waals surface area contributed by atoms with Crippen LogP contribution < -0.4 is 5.32 Å². The topological polar surface area (TPSA) is 66.4 Å². The van der Waals surface area contributed by atoms with Crippen molar-refractivity contribution in [1.82, 2.24) is 5.32 Å². The predicted octanol–water partition coefficient (Wildman–Crippen LogP) is 3.80. The number of hydrogen-bond donors (Lipinski definition) is 2. The molecule has 1 saturated carbocycles. The van der Waals surface area contributed by atoms with E-state index in [1.807, 2.05) is 0 Å². The Morgan fingerprint density at radius 2 is 1.54 bits per heavy atom. The van der Waals surface area contributed by atoms with Crippen LogP contribution in [0.5, 0.6) is 0 Å². The summed E-state index contributed by atoms with van der Waals surface area (Å²) in [4.78, 5) is 25.5. The van der Waals surface area contributed by atoms with E-state index in [1.165, 1.54) is 25.7 Å². The molecule has 2 N–H and O–H groups in total. The monoisotopic (exact) mass is 351 g/mol. The number of ketones is 1. The van der Waals surface area contributed by atoms with Crippen LogP contribution in [0.2, 0.25) is 0 Å². The molecular weight excluding hydrogens is 326 g/mol. The molecule has 4 nitrogen and oxygen atoms in total. The minimum atomic E-state index is -2.06. The van der Waals surface area contributed by atoms with Crippen LogP contribution in [0.3, 0.4) is 0 Å². The maximum Gasteiger partial charge on any atom is 0.229 e. The quantitative estimate of drug-likeness (QED) is 0.589. The number of amides is 1. The maximum atomic E-state index is 13.0. The minimum Gasteiger partial charge on any atom is -0.361 e. The molecule has 0 heterocycles. The van der Waals surface area contributed by atoms with Gasteiger partial charge in [0.2, 0.25) is 17.4 Å². The normalized spacial score (nSPS) is 16.8. The number of carbonyl (C=O) groups is 2. The lowest BCUT2D eigenvalue weighted by atomic mass is 9.92. The summed E-state index contributed by atoms with van der Waals surface area (Å²) in [5.74, 6) is -0.249. The fourth-order valence-corrected chi connectivity index (χ4v) is 3.64. The smallest absolute Gasteiger partial charge is 0.229 e. The van der Waals surface area contributed by atoms with Crippen LogP contribution in [0.25, 0.3) is 0 Å². The largest absolute Gasteiger partial charge is 0.361 e. The standard InChI is InChI=1S/C22H25NO3/c24-20(16-15-17-9-7-8-10-17)23-22(26,19-13-5-2-6-14-19)21(25)18-11-3-1-4-12-18/h1-6,11-14,17,26H,7-10,15-16H2,(H,23,24). The highest BCUT2D eigenvalue weighted by atomic mass is 16.3. The lowest BCUT2D eigenvalue weighted by Gasteiger charge is -2.28. The molecule has 2 aromatic rings. The van der Waals surface area contributed by atoms with Gasteiger partial charge in [0.25, 0.3) is 0 Å². The summed E-state index contributed by atoms with van der Waals surface area (Å²) in [6.07, 6.45) is 5.91. The zero-order valence-electron chi connectivity index (χ0n) is 14.9. The van der Waals surface area contributed by atoms with E-state index in [2.05, 4.69) is 5.32 Å². The van der Waals surface area contributed by atoms with E-state index in [0.717, 1.165) is 6.42 Å². The Bertz CT molecular complexity index is 738. The summed E-state index contributed by atoms with van der Waals surface area (Å²) < 4.78 is 0. The average molecular weight is 351 g/mol. The van der Waals surface area contributed by atoms with Crippen LogP contribution in [0.1, 0.15) is 54.4 Å². The molecule has 0 spiro atoms. The molecule has 0 bridgehead atoms. The lowest BCUT2D eigenvalue weighted by molar-refractivity contribution is -0.127. The Labute approximate surface area is 154 Å². The van der Waals surface area contributed by atoms with Gasteiger partial charge in [-0.15, -0.1) is 0 Å². The molecule has 3 rings (SSSR count). The first kappa shape index (κ1) is 18.3. The maximum absolute atomic E-state index is 13.0. The van der Waals surface area contributed by atoms with Crippen molar-refractivity contribution in [2.75, 3.05) is 0 Å². The molecule has 1 atom stereocenters. The first-order chi connectivity index (χ1) is 12.6. The van der Waals surface area contributed by atoms with Crippen LogP contribution in [-0.2, 0) is 10.5 Å². The van der Waals surface area contributed by atoms with Crippen LogP contribution in [0, 0.1) is 5.92 Å². The summed E-state index contributed by atoms with van der Waals surface area (Å²) in [5.41, 5.74) is -1.34. The molecule has 4 heteroatoms. The van der Waals surface area contributed by atoms with E-state index >= 15 is 0 Å². The third-order valence-corrected chi connectivity index (χ3v) is 5.13. The van der Waals surface area contributed by atoms with Crippen molar-refractivity contribution in [3.63, 3.8) is 0 Å². The number of nitrogens with one attached hydrogen (secondary N) is 1. The molecule has 2 aromatic carbocycles. The fraction of sp³-hybridized carbons (Fsp3) is 0.364. The Morgan fingerprint density at radius 3 is 2.15 bits per heavy atom. The Morgan fingerprint density at radius 1 is 0.962 bits per heavy atom. The van der Waals surface area contributed by atoms with Crippen molar-refractivity contribution < 1.29 is 14.7 Å². The average Bonchev–Trinajstić information content (AvgIpc) is 3.21. The van der Waals surface area contributed by atoms with Crippen LogP contribution in [0.15, 0.2) is 60.7 Å². The summed E-state index contributed by atoms with van der Waals surface area (Å²) in [6, 6.07) is 17.1. The van der Waals surface area contributed by atoms with E-state index in [-0.39, 0.29) is 5.91 Å². The van der Waals surface area contributed by atoms with Crippen molar-refractivity contribution in [3.05, 3.63) is 71.8 Å². The van der Waals surface area contributed by atoms with Gasteiger partial charge in [0, 0.05) is 17.5 Å². The van der Waals surface area contributed by atoms with Crippen molar-refractivity contribution in [1.29, 1.82) is 0 Å². The molecule has 136 valence electrons. The van der Waals surface area contributed by atoms with Gasteiger partial charge in [-0.2, -0.15) is 0 Å². The molecule has 0 radical (unpaired) electrons. The van der Waals surface area contributed by atoms with E-state index in [9.17, 15) is 14.7 Å². The molecule has 1 aliphatic carbocycles. The number of aliphatic hydroxyl groups is 1. The van der Waals surface area contributed by atoms with Crippen LogP contribution >= 0.6 is 0 Å². The third kappa shape index (κ3) is 4.20. The molecule has 1 unspecified atom stereocenters. The molecule has 0 aromatic heterocycles. The van der Waals surface area contributed by atoms with Crippen molar-refractivity contribution in [2.45, 2.75) is 44.2 Å². The number of rotatable bonds is 7. The summed E-state index contributed by atoms with van der Waals surface area (Å²) in [6.45, 7) is 0. The molecule has 1 fully saturated rings. The van der Waals surface area contributed by atoms with Crippen LogP contribution in [-0.4, -0.2) is 16.8 Å². The van der Waals surface area contributed by atoms with E-state index in [4.69, 9.17) is 0 Å². The van der Waals surface area contributed by atoms with Crippen LogP contribution in [0.4, 0.5) is 0 Å². The summed E-state index contributed by atoms with van der Waals surface area (Å²) >= 11 is 0. The number of carbonyl (C=O) groups excluding carboxylic acids is 2. The number of Topliss-reactive ketones (excluding diaryl/α,β-unsaturated/α-hetero) is 1. The molecule has 26 heavy (non-hydrogen) atoms. The first-order valence-electron chi connectivity index (χ1n) is 9.28. The fourth-order valence-electron chi connectivity index (χ4n) is 3.64. The Hall–Kier alpha value is -2.46. The lowest BCUT2D eigenvalue weighted by Crippen LogP contribution is -2.52. The van der Waals surface area contributed by atoms with Crippen molar-refractivity contribution in [3.8, 4) is 0 Å². The number of hydrogen-bond acceptors (Lipinski definition) is 3. The van der Waals surface area contributed by atoms with Gasteiger partial charge in [0.15, 0.2) is 0 Å².